The van der Waals surface area contributed by atoms with Gasteiger partial charge in [0.25, 0.3) is 11.4 Å². The number of non-ortho nitro benzene ring substituents is 2. The van der Waals surface area contributed by atoms with Crippen molar-refractivity contribution in [3.63, 3.8) is 0 Å². The summed E-state index contributed by atoms with van der Waals surface area (Å²) in [5.74, 6) is 0.0135. The van der Waals surface area contributed by atoms with Gasteiger partial charge < -0.3 is 4.74 Å². The van der Waals surface area contributed by atoms with E-state index < -0.39 is 27.0 Å². The highest BCUT2D eigenvalue weighted by Crippen LogP contribution is 2.39. The molecule has 0 amide bonds. The fraction of sp³-hybridized carbons (Fsp3) is 0.0435. The van der Waals surface area contributed by atoms with E-state index in [4.69, 9.17) is 4.74 Å². The number of fused-ring (bicyclic) bond motifs is 3. The lowest BCUT2D eigenvalue weighted by molar-refractivity contribution is -0.393. The number of para-hydroxylation sites is 1. The molecule has 2 aromatic heterocycles. The number of rotatable bonds is 6. The third-order valence-electron chi connectivity index (χ3n) is 5.51. The Morgan fingerprint density at radius 2 is 1.68 bits per heavy atom. The van der Waals surface area contributed by atoms with Crippen LogP contribution in [0.2, 0.25) is 0 Å². The summed E-state index contributed by atoms with van der Waals surface area (Å²) in [5, 5.41) is 28.0. The van der Waals surface area contributed by atoms with Crippen molar-refractivity contribution in [2.75, 3.05) is 7.11 Å². The van der Waals surface area contributed by atoms with Gasteiger partial charge in [0.15, 0.2) is 0 Å². The largest absolute Gasteiger partial charge is 0.497 e. The second-order valence-corrected chi connectivity index (χ2v) is 7.38. The second kappa shape index (κ2) is 7.81. The Kier molecular flexibility index (Phi) is 4.79. The van der Waals surface area contributed by atoms with Crippen LogP contribution in [0.1, 0.15) is 16.1 Å². The number of hydrogen-bond donors (Lipinski definition) is 0. The summed E-state index contributed by atoms with van der Waals surface area (Å²) in [6, 6.07) is 17.4. The molecule has 0 bridgehead atoms. The Balaban J connectivity index is 1.90. The van der Waals surface area contributed by atoms with Crippen molar-refractivity contribution in [1.82, 2.24) is 14.2 Å². The molecule has 3 aromatic carbocycles. The monoisotopic (exact) mass is 457 g/mol. The molecule has 11 heteroatoms. The third kappa shape index (κ3) is 3.14. The summed E-state index contributed by atoms with van der Waals surface area (Å²) in [7, 11) is 1.49. The molecule has 0 aliphatic rings. The molecule has 0 unspecified atom stereocenters. The maximum atomic E-state index is 13.6. The molecule has 0 N–H and O–H groups in total. The first-order chi connectivity index (χ1) is 16.4. The number of ether oxygens (including phenoxy) is 1. The van der Waals surface area contributed by atoms with Crippen LogP contribution in [-0.4, -0.2) is 36.9 Å². The van der Waals surface area contributed by atoms with E-state index in [1.54, 1.807) is 41.0 Å². The molecule has 168 valence electrons. The van der Waals surface area contributed by atoms with Crippen molar-refractivity contribution >= 4 is 33.6 Å². The molecule has 0 saturated heterocycles. The predicted molar refractivity (Wildman–Crippen MR) is 122 cm³/mol. The molecule has 5 rings (SSSR count). The minimum atomic E-state index is -0.730. The quantitative estimate of drug-likeness (QED) is 0.210. The molecular weight excluding hydrogens is 442 g/mol. The number of nitro benzene ring substituents is 2. The van der Waals surface area contributed by atoms with Gasteiger partial charge in [0, 0.05) is 22.7 Å². The van der Waals surface area contributed by atoms with E-state index in [0.29, 0.717) is 17.1 Å². The lowest BCUT2D eigenvalue weighted by Crippen LogP contribution is -2.07. The second-order valence-electron chi connectivity index (χ2n) is 7.38. The average Bonchev–Trinajstić information content (AvgIpc) is 3.42. The maximum absolute atomic E-state index is 13.6. The van der Waals surface area contributed by atoms with Gasteiger partial charge in [0.05, 0.1) is 28.4 Å². The van der Waals surface area contributed by atoms with Crippen molar-refractivity contribution in [3.05, 3.63) is 105 Å². The van der Waals surface area contributed by atoms with Crippen LogP contribution in [0.3, 0.4) is 0 Å². The molecule has 0 fully saturated rings. The molecule has 0 radical (unpaired) electrons. The zero-order chi connectivity index (χ0) is 24.0. The molecule has 34 heavy (non-hydrogen) atoms. The normalized spacial score (nSPS) is 11.1. The number of nitro groups is 2. The SMILES string of the molecule is COc1ccc(C(=O)c2c3c([N+](=O)[O-])cc([N+](=O)[O-])cc3c3n(-c4ccccc4)cnn23)cc1. The highest BCUT2D eigenvalue weighted by molar-refractivity contribution is 6.21. The molecule has 2 heterocycles. The van der Waals surface area contributed by atoms with E-state index in [1.807, 2.05) is 6.07 Å². The smallest absolute Gasteiger partial charge is 0.286 e. The van der Waals surface area contributed by atoms with Crippen LogP contribution in [0.4, 0.5) is 11.4 Å². The lowest BCUT2D eigenvalue weighted by atomic mass is 10.0. The number of methoxy groups -OCH3 is 1. The number of aromatic nitrogens is 3. The molecule has 5 aromatic rings. The number of carbonyl (C=O) groups is 1. The van der Waals surface area contributed by atoms with E-state index in [0.717, 1.165) is 6.07 Å². The zero-order valence-electron chi connectivity index (χ0n) is 17.6. The molecule has 0 atom stereocenters. The van der Waals surface area contributed by atoms with Crippen LogP contribution < -0.4 is 4.74 Å². The van der Waals surface area contributed by atoms with E-state index >= 15 is 0 Å². The van der Waals surface area contributed by atoms with Crippen LogP contribution in [0.15, 0.2) is 73.1 Å². The molecule has 0 spiro atoms. The Morgan fingerprint density at radius 3 is 2.29 bits per heavy atom. The van der Waals surface area contributed by atoms with Gasteiger partial charge in [-0.15, -0.1) is 0 Å². The van der Waals surface area contributed by atoms with Gasteiger partial charge in [-0.2, -0.15) is 5.10 Å². The predicted octanol–water partition coefficient (Wildman–Crippen LogP) is 4.33. The molecule has 0 aliphatic heterocycles. The number of benzene rings is 3. The highest BCUT2D eigenvalue weighted by atomic mass is 16.6. The molecular formula is C23H15N5O6. The molecule has 11 nitrogen and oxygen atoms in total. The molecule has 0 aliphatic carbocycles. The fourth-order valence-corrected chi connectivity index (χ4v) is 3.98. The summed E-state index contributed by atoms with van der Waals surface area (Å²) >= 11 is 0. The molecule has 0 saturated carbocycles. The number of ketones is 1. The van der Waals surface area contributed by atoms with E-state index in [1.165, 1.54) is 36.2 Å². The minimum absolute atomic E-state index is 0.0239. The Hall–Kier alpha value is -5.06. The maximum Gasteiger partial charge on any atom is 0.286 e. The van der Waals surface area contributed by atoms with Crippen molar-refractivity contribution in [1.29, 1.82) is 0 Å². The minimum Gasteiger partial charge on any atom is -0.497 e. The van der Waals surface area contributed by atoms with Crippen LogP contribution in [0.5, 0.6) is 5.75 Å². The summed E-state index contributed by atoms with van der Waals surface area (Å²) < 4.78 is 8.05. The van der Waals surface area contributed by atoms with Gasteiger partial charge in [-0.3, -0.25) is 29.6 Å². The Bertz CT molecular complexity index is 1600. The van der Waals surface area contributed by atoms with Crippen LogP contribution in [-0.2, 0) is 0 Å². The number of nitrogens with zero attached hydrogens (tertiary/aromatic N) is 5. The van der Waals surface area contributed by atoms with Crippen molar-refractivity contribution in [2.45, 2.75) is 0 Å². The summed E-state index contributed by atoms with van der Waals surface area (Å²) in [6.45, 7) is 0. The van der Waals surface area contributed by atoms with Gasteiger partial charge in [-0.1, -0.05) is 18.2 Å². The number of hydrogen-bond acceptors (Lipinski definition) is 7. The van der Waals surface area contributed by atoms with Crippen molar-refractivity contribution < 1.29 is 19.4 Å². The Morgan fingerprint density at radius 1 is 0.971 bits per heavy atom. The average molecular weight is 457 g/mol. The van der Waals surface area contributed by atoms with Gasteiger partial charge in [0.2, 0.25) is 5.78 Å². The third-order valence-corrected chi connectivity index (χ3v) is 5.51. The van der Waals surface area contributed by atoms with Crippen LogP contribution in [0, 0.1) is 20.2 Å². The summed E-state index contributed by atoms with van der Waals surface area (Å²) in [6.07, 6.45) is 1.46. The fourth-order valence-electron chi connectivity index (χ4n) is 3.98. The first kappa shape index (κ1) is 20.8. The highest BCUT2D eigenvalue weighted by Gasteiger charge is 2.31. The number of carbonyl (C=O) groups excluding carboxylic acids is 1. The standard InChI is InChI=1S/C23H15N5O6/c1-34-17-9-7-14(8-10-17)22(29)21-20-18(11-16(27(30)31)12-19(20)28(32)33)23-25(13-24-26(21)23)15-5-3-2-4-6-15/h2-13H,1H3. The van der Waals surface area contributed by atoms with Crippen molar-refractivity contribution in [2.24, 2.45) is 0 Å². The van der Waals surface area contributed by atoms with Gasteiger partial charge in [0.1, 0.15) is 23.4 Å². The topological polar surface area (TPSA) is 135 Å². The van der Waals surface area contributed by atoms with E-state index in [-0.39, 0.29) is 22.0 Å². The Labute approximate surface area is 190 Å². The lowest BCUT2D eigenvalue weighted by Gasteiger charge is -2.04. The van der Waals surface area contributed by atoms with Gasteiger partial charge in [-0.25, -0.2) is 4.52 Å². The van der Waals surface area contributed by atoms with E-state index in [2.05, 4.69) is 5.10 Å². The van der Waals surface area contributed by atoms with Crippen LogP contribution in [0.25, 0.3) is 22.1 Å². The van der Waals surface area contributed by atoms with Crippen molar-refractivity contribution in [3.8, 4) is 11.4 Å². The first-order valence-electron chi connectivity index (χ1n) is 9.99. The van der Waals surface area contributed by atoms with Crippen LogP contribution >= 0.6 is 0 Å². The van der Waals surface area contributed by atoms with E-state index in [9.17, 15) is 25.0 Å². The zero-order valence-corrected chi connectivity index (χ0v) is 17.6. The van der Waals surface area contributed by atoms with Gasteiger partial charge >= 0.3 is 0 Å². The summed E-state index contributed by atoms with van der Waals surface area (Å²) in [5.41, 5.74) is 0.143. The summed E-state index contributed by atoms with van der Waals surface area (Å²) in [4.78, 5) is 35.7. The first-order valence-corrected chi connectivity index (χ1v) is 9.99. The van der Waals surface area contributed by atoms with Gasteiger partial charge in [-0.05, 0) is 36.4 Å².